The zero-order chi connectivity index (χ0) is 16.2. The Bertz CT molecular complexity index is 814. The van der Waals surface area contributed by atoms with Gasteiger partial charge in [-0.15, -0.1) is 0 Å². The van der Waals surface area contributed by atoms with E-state index in [-0.39, 0.29) is 19.0 Å². The Morgan fingerprint density at radius 1 is 1.17 bits per heavy atom. The van der Waals surface area contributed by atoms with Crippen LogP contribution in [-0.2, 0) is 11.3 Å². The Morgan fingerprint density at radius 2 is 1.96 bits per heavy atom. The minimum atomic E-state index is -0.697. The molecule has 1 aromatic heterocycles. The van der Waals surface area contributed by atoms with Gasteiger partial charge in [-0.2, -0.15) is 0 Å². The largest absolute Gasteiger partial charge is 0.387 e. The molecule has 5 heteroatoms. The fraction of sp³-hybridized carbons (Fsp3) is 0.167. The van der Waals surface area contributed by atoms with E-state index in [1.54, 1.807) is 0 Å². The van der Waals surface area contributed by atoms with Gasteiger partial charge in [-0.05, 0) is 29.8 Å². The third-order valence-electron chi connectivity index (χ3n) is 3.72. The highest BCUT2D eigenvalue weighted by atomic mass is 79.9. The fourth-order valence-corrected chi connectivity index (χ4v) is 2.90. The predicted octanol–water partition coefficient (Wildman–Crippen LogP) is 3.25. The van der Waals surface area contributed by atoms with Gasteiger partial charge in [0.1, 0.15) is 6.54 Å². The maximum absolute atomic E-state index is 12.1. The van der Waals surface area contributed by atoms with E-state index in [4.69, 9.17) is 0 Å². The number of amides is 1. The van der Waals surface area contributed by atoms with Gasteiger partial charge >= 0.3 is 0 Å². The third kappa shape index (κ3) is 3.81. The van der Waals surface area contributed by atoms with Crippen molar-refractivity contribution in [3.8, 4) is 0 Å². The smallest absolute Gasteiger partial charge is 0.240 e. The van der Waals surface area contributed by atoms with Crippen molar-refractivity contribution >= 4 is 32.7 Å². The van der Waals surface area contributed by atoms with Gasteiger partial charge in [0.2, 0.25) is 5.91 Å². The van der Waals surface area contributed by atoms with Gasteiger partial charge < -0.3 is 15.0 Å². The molecule has 2 N–H and O–H groups in total. The Labute approximate surface area is 142 Å². The van der Waals surface area contributed by atoms with Crippen LogP contribution >= 0.6 is 15.9 Å². The second-order valence-electron chi connectivity index (χ2n) is 5.38. The van der Waals surface area contributed by atoms with Gasteiger partial charge in [-0.1, -0.05) is 46.3 Å². The second-order valence-corrected chi connectivity index (χ2v) is 6.29. The van der Waals surface area contributed by atoms with E-state index in [0.29, 0.717) is 0 Å². The number of nitrogens with zero attached hydrogens (tertiary/aromatic N) is 1. The topological polar surface area (TPSA) is 54.3 Å². The van der Waals surface area contributed by atoms with Gasteiger partial charge in [-0.25, -0.2) is 0 Å². The molecule has 0 bridgehead atoms. The first-order valence-electron chi connectivity index (χ1n) is 7.37. The van der Waals surface area contributed by atoms with Crippen molar-refractivity contribution in [1.29, 1.82) is 0 Å². The first-order valence-corrected chi connectivity index (χ1v) is 8.17. The normalized spacial score (nSPS) is 12.3. The molecule has 4 nitrogen and oxygen atoms in total. The van der Waals surface area contributed by atoms with E-state index in [2.05, 4.69) is 21.2 Å². The van der Waals surface area contributed by atoms with Crippen LogP contribution in [-0.4, -0.2) is 22.1 Å². The molecule has 1 heterocycles. The van der Waals surface area contributed by atoms with E-state index in [9.17, 15) is 9.90 Å². The molecule has 0 spiro atoms. The molecule has 23 heavy (non-hydrogen) atoms. The number of rotatable bonds is 5. The van der Waals surface area contributed by atoms with Gasteiger partial charge in [0.25, 0.3) is 0 Å². The number of aliphatic hydroxyl groups excluding tert-OH is 1. The van der Waals surface area contributed by atoms with Crippen molar-refractivity contribution in [2.45, 2.75) is 12.6 Å². The monoisotopic (exact) mass is 372 g/mol. The summed E-state index contributed by atoms with van der Waals surface area (Å²) in [5.74, 6) is -0.125. The van der Waals surface area contributed by atoms with E-state index in [1.807, 2.05) is 65.4 Å². The van der Waals surface area contributed by atoms with E-state index >= 15 is 0 Å². The van der Waals surface area contributed by atoms with Crippen LogP contribution in [0.25, 0.3) is 10.9 Å². The number of fused-ring (bicyclic) bond motifs is 1. The molecule has 2 aromatic carbocycles. The summed E-state index contributed by atoms with van der Waals surface area (Å²) in [7, 11) is 0. The number of carbonyl (C=O) groups is 1. The molecule has 118 valence electrons. The molecule has 3 aromatic rings. The van der Waals surface area contributed by atoms with Crippen molar-refractivity contribution in [3.05, 3.63) is 70.8 Å². The summed E-state index contributed by atoms with van der Waals surface area (Å²) in [6.07, 6.45) is 1.20. The minimum Gasteiger partial charge on any atom is -0.387 e. The van der Waals surface area contributed by atoms with Crippen molar-refractivity contribution in [2.75, 3.05) is 6.54 Å². The van der Waals surface area contributed by atoms with Crippen molar-refractivity contribution < 1.29 is 9.90 Å². The minimum absolute atomic E-state index is 0.125. The van der Waals surface area contributed by atoms with Gasteiger partial charge in [0, 0.05) is 28.1 Å². The van der Waals surface area contributed by atoms with Crippen LogP contribution in [0.3, 0.4) is 0 Å². The maximum atomic E-state index is 12.1. The van der Waals surface area contributed by atoms with Gasteiger partial charge in [-0.3, -0.25) is 4.79 Å². The Balaban J connectivity index is 1.60. The van der Waals surface area contributed by atoms with Crippen LogP contribution in [0, 0.1) is 0 Å². The molecule has 1 atom stereocenters. The molecular formula is C18H17BrN2O2. The van der Waals surface area contributed by atoms with Crippen molar-refractivity contribution in [3.63, 3.8) is 0 Å². The van der Waals surface area contributed by atoms with Crippen LogP contribution < -0.4 is 5.32 Å². The molecule has 0 radical (unpaired) electrons. The number of aromatic nitrogens is 1. The summed E-state index contributed by atoms with van der Waals surface area (Å²) in [4.78, 5) is 12.1. The number of carbonyl (C=O) groups excluding carboxylic acids is 1. The summed E-state index contributed by atoms with van der Waals surface area (Å²) in [5, 5.41) is 13.9. The van der Waals surface area contributed by atoms with Crippen LogP contribution in [0.15, 0.2) is 65.3 Å². The fourth-order valence-electron chi connectivity index (χ4n) is 2.52. The third-order valence-corrected chi connectivity index (χ3v) is 4.22. The molecule has 1 amide bonds. The Kier molecular flexibility index (Phi) is 4.79. The number of hydrogen-bond donors (Lipinski definition) is 2. The summed E-state index contributed by atoms with van der Waals surface area (Å²) < 4.78 is 2.91. The quantitative estimate of drug-likeness (QED) is 0.722. The summed E-state index contributed by atoms with van der Waals surface area (Å²) in [6, 6.07) is 17.2. The van der Waals surface area contributed by atoms with Crippen LogP contribution in [0.4, 0.5) is 0 Å². The molecule has 3 rings (SSSR count). The summed E-state index contributed by atoms with van der Waals surface area (Å²) >= 11 is 3.44. The lowest BCUT2D eigenvalue weighted by atomic mass is 10.1. The number of aliphatic hydroxyl groups is 1. The molecule has 0 saturated heterocycles. The second kappa shape index (κ2) is 6.98. The lowest BCUT2D eigenvalue weighted by Crippen LogP contribution is -2.31. The maximum Gasteiger partial charge on any atom is 0.240 e. The highest BCUT2D eigenvalue weighted by Gasteiger charge is 2.10. The highest BCUT2D eigenvalue weighted by Crippen LogP contribution is 2.20. The predicted molar refractivity (Wildman–Crippen MR) is 94.0 cm³/mol. The average Bonchev–Trinajstić information content (AvgIpc) is 2.95. The molecule has 0 aliphatic rings. The molecule has 0 unspecified atom stereocenters. The lowest BCUT2D eigenvalue weighted by molar-refractivity contribution is -0.122. The highest BCUT2D eigenvalue weighted by molar-refractivity contribution is 9.10. The molecule has 0 aliphatic carbocycles. The Morgan fingerprint density at radius 3 is 2.74 bits per heavy atom. The first kappa shape index (κ1) is 15.8. The standard InChI is InChI=1S/C18H17BrN2O2/c19-15-6-7-16-14(10-15)8-9-21(16)12-18(23)20-11-17(22)13-4-2-1-3-5-13/h1-10,17,22H,11-12H2,(H,20,23)/t17-/m1/s1. The Hall–Kier alpha value is -2.11. The van der Waals surface area contributed by atoms with E-state index in [0.717, 1.165) is 20.9 Å². The summed E-state index contributed by atoms with van der Waals surface area (Å²) in [5.41, 5.74) is 1.80. The molecule has 0 saturated carbocycles. The van der Waals surface area contributed by atoms with Gasteiger partial charge in [0.15, 0.2) is 0 Å². The lowest BCUT2D eigenvalue weighted by Gasteiger charge is -2.13. The van der Waals surface area contributed by atoms with Crippen molar-refractivity contribution in [1.82, 2.24) is 9.88 Å². The van der Waals surface area contributed by atoms with E-state index < -0.39 is 6.10 Å². The number of nitrogens with one attached hydrogen (secondary N) is 1. The number of hydrogen-bond acceptors (Lipinski definition) is 2. The zero-order valence-corrected chi connectivity index (χ0v) is 14.0. The SMILES string of the molecule is O=C(Cn1ccc2cc(Br)ccc21)NC[C@@H](O)c1ccccc1. The summed E-state index contributed by atoms with van der Waals surface area (Å²) in [6.45, 7) is 0.431. The van der Waals surface area contributed by atoms with Crippen molar-refractivity contribution in [2.24, 2.45) is 0 Å². The molecule has 0 fully saturated rings. The van der Waals surface area contributed by atoms with Crippen LogP contribution in [0.2, 0.25) is 0 Å². The molecular weight excluding hydrogens is 356 g/mol. The number of benzene rings is 2. The van der Waals surface area contributed by atoms with Crippen LogP contribution in [0.1, 0.15) is 11.7 Å². The number of halogens is 1. The molecule has 0 aliphatic heterocycles. The first-order chi connectivity index (χ1) is 11.1. The van der Waals surface area contributed by atoms with Crippen LogP contribution in [0.5, 0.6) is 0 Å². The van der Waals surface area contributed by atoms with E-state index in [1.165, 1.54) is 0 Å². The average molecular weight is 373 g/mol. The van der Waals surface area contributed by atoms with Gasteiger partial charge in [0.05, 0.1) is 6.10 Å². The zero-order valence-electron chi connectivity index (χ0n) is 12.4.